The molecule has 3 N–H and O–H groups in total. The summed E-state index contributed by atoms with van der Waals surface area (Å²) in [6.07, 6.45) is 2.78. The number of nitrogen functional groups attached to an aromatic ring is 1. The van der Waals surface area contributed by atoms with Crippen molar-refractivity contribution in [3.8, 4) is 5.75 Å². The first-order valence-corrected chi connectivity index (χ1v) is 6.87. The highest BCUT2D eigenvalue weighted by Gasteiger charge is 2.14. The van der Waals surface area contributed by atoms with E-state index in [1.165, 1.54) is 31.6 Å². The van der Waals surface area contributed by atoms with Gasteiger partial charge in [-0.2, -0.15) is 0 Å². The molecule has 7 heteroatoms. The molecular formula is C12H13N3O3S. The fourth-order valence-electron chi connectivity index (χ4n) is 1.49. The normalized spacial score (nSPS) is 11.0. The van der Waals surface area contributed by atoms with Gasteiger partial charge in [-0.05, 0) is 24.3 Å². The average molecular weight is 279 g/mol. The molecule has 2 aromatic rings. The third-order valence-corrected chi connectivity index (χ3v) is 3.80. The van der Waals surface area contributed by atoms with E-state index in [4.69, 9.17) is 10.5 Å². The highest BCUT2D eigenvalue weighted by molar-refractivity contribution is 7.92. The molecule has 0 aliphatic carbocycles. The van der Waals surface area contributed by atoms with Crippen LogP contribution in [0.2, 0.25) is 0 Å². The standard InChI is InChI=1S/C12H13N3O3S/c1-18-12-7-9(4-5-11(12)13)15-19(16,17)10-3-2-6-14-8-10/h2-8,15H,13H2,1H3. The average Bonchev–Trinajstić information content (AvgIpc) is 2.42. The van der Waals surface area contributed by atoms with E-state index >= 15 is 0 Å². The lowest BCUT2D eigenvalue weighted by atomic mass is 10.3. The minimum atomic E-state index is -3.66. The van der Waals surface area contributed by atoms with Crippen molar-refractivity contribution < 1.29 is 13.2 Å². The van der Waals surface area contributed by atoms with E-state index in [1.807, 2.05) is 0 Å². The summed E-state index contributed by atoms with van der Waals surface area (Å²) in [6, 6.07) is 7.66. The number of anilines is 2. The van der Waals surface area contributed by atoms with E-state index in [0.29, 0.717) is 17.1 Å². The van der Waals surface area contributed by atoms with Gasteiger partial charge in [0.1, 0.15) is 10.6 Å². The molecule has 6 nitrogen and oxygen atoms in total. The minimum Gasteiger partial charge on any atom is -0.495 e. The van der Waals surface area contributed by atoms with Gasteiger partial charge in [0.05, 0.1) is 18.5 Å². The van der Waals surface area contributed by atoms with Gasteiger partial charge in [-0.25, -0.2) is 8.42 Å². The van der Waals surface area contributed by atoms with Gasteiger partial charge < -0.3 is 10.5 Å². The van der Waals surface area contributed by atoms with Gasteiger partial charge in [0.15, 0.2) is 0 Å². The Labute approximate surface area is 111 Å². The van der Waals surface area contributed by atoms with E-state index in [2.05, 4.69) is 9.71 Å². The fourth-order valence-corrected chi connectivity index (χ4v) is 2.51. The quantitative estimate of drug-likeness (QED) is 0.826. The maximum absolute atomic E-state index is 12.1. The maximum atomic E-state index is 12.1. The first-order valence-electron chi connectivity index (χ1n) is 5.39. The topological polar surface area (TPSA) is 94.3 Å². The Morgan fingerprint density at radius 3 is 2.74 bits per heavy atom. The monoisotopic (exact) mass is 279 g/mol. The predicted molar refractivity (Wildman–Crippen MR) is 72.5 cm³/mol. The number of aromatic nitrogens is 1. The molecule has 0 radical (unpaired) electrons. The summed E-state index contributed by atoms with van der Waals surface area (Å²) < 4.78 is 31.6. The summed E-state index contributed by atoms with van der Waals surface area (Å²) in [6.45, 7) is 0. The molecule has 0 saturated heterocycles. The summed E-state index contributed by atoms with van der Waals surface area (Å²) >= 11 is 0. The molecule has 0 aliphatic heterocycles. The summed E-state index contributed by atoms with van der Waals surface area (Å²) in [4.78, 5) is 3.87. The Bertz CT molecular complexity index is 672. The molecule has 1 aromatic carbocycles. The van der Waals surface area contributed by atoms with Crippen molar-refractivity contribution in [2.24, 2.45) is 0 Å². The van der Waals surface area contributed by atoms with E-state index in [-0.39, 0.29) is 4.90 Å². The number of nitrogens with one attached hydrogen (secondary N) is 1. The molecule has 0 atom stereocenters. The Morgan fingerprint density at radius 2 is 2.11 bits per heavy atom. The first-order chi connectivity index (χ1) is 9.03. The van der Waals surface area contributed by atoms with E-state index in [1.54, 1.807) is 18.2 Å². The van der Waals surface area contributed by atoms with Crippen LogP contribution in [0, 0.1) is 0 Å². The SMILES string of the molecule is COc1cc(NS(=O)(=O)c2cccnc2)ccc1N. The van der Waals surface area contributed by atoms with Crippen molar-refractivity contribution in [2.75, 3.05) is 17.6 Å². The fraction of sp³-hybridized carbons (Fsp3) is 0.0833. The van der Waals surface area contributed by atoms with Crippen molar-refractivity contribution >= 4 is 21.4 Å². The molecular weight excluding hydrogens is 266 g/mol. The van der Waals surface area contributed by atoms with Crippen molar-refractivity contribution in [1.82, 2.24) is 4.98 Å². The lowest BCUT2D eigenvalue weighted by Crippen LogP contribution is -2.13. The second kappa shape index (κ2) is 5.15. The minimum absolute atomic E-state index is 0.0887. The van der Waals surface area contributed by atoms with Gasteiger partial charge in [0.25, 0.3) is 10.0 Å². The number of nitrogens with zero attached hydrogens (tertiary/aromatic N) is 1. The van der Waals surface area contributed by atoms with Crippen LogP contribution in [0.3, 0.4) is 0 Å². The number of sulfonamides is 1. The van der Waals surface area contributed by atoms with Crippen LogP contribution in [0.4, 0.5) is 11.4 Å². The molecule has 0 saturated carbocycles. The Hall–Kier alpha value is -2.28. The molecule has 0 unspecified atom stereocenters. The number of benzene rings is 1. The molecule has 0 spiro atoms. The number of nitrogens with two attached hydrogens (primary N) is 1. The molecule has 0 aliphatic rings. The van der Waals surface area contributed by atoms with Crippen molar-refractivity contribution in [3.05, 3.63) is 42.7 Å². The molecule has 2 rings (SSSR count). The summed E-state index contributed by atoms with van der Waals surface area (Å²) in [5.74, 6) is 0.409. The van der Waals surface area contributed by atoms with Gasteiger partial charge in [-0.15, -0.1) is 0 Å². The molecule has 1 aromatic heterocycles. The van der Waals surface area contributed by atoms with Gasteiger partial charge in [0, 0.05) is 18.5 Å². The third-order valence-electron chi connectivity index (χ3n) is 2.43. The smallest absolute Gasteiger partial charge is 0.263 e. The van der Waals surface area contributed by atoms with Gasteiger partial charge in [-0.3, -0.25) is 9.71 Å². The molecule has 0 bridgehead atoms. The first kappa shape index (κ1) is 13.2. The molecule has 1 heterocycles. The highest BCUT2D eigenvalue weighted by atomic mass is 32.2. The second-order valence-electron chi connectivity index (χ2n) is 3.75. The number of hydrogen-bond donors (Lipinski definition) is 2. The van der Waals surface area contributed by atoms with Crippen LogP contribution >= 0.6 is 0 Å². The largest absolute Gasteiger partial charge is 0.495 e. The van der Waals surface area contributed by atoms with Crippen molar-refractivity contribution in [3.63, 3.8) is 0 Å². The van der Waals surface area contributed by atoms with Crippen LogP contribution in [0.25, 0.3) is 0 Å². The maximum Gasteiger partial charge on any atom is 0.263 e. The lowest BCUT2D eigenvalue weighted by molar-refractivity contribution is 0.417. The number of pyridine rings is 1. The lowest BCUT2D eigenvalue weighted by Gasteiger charge is -2.10. The van der Waals surface area contributed by atoms with Crippen LogP contribution in [-0.2, 0) is 10.0 Å². The Morgan fingerprint density at radius 1 is 1.32 bits per heavy atom. The van der Waals surface area contributed by atoms with Crippen LogP contribution in [0.15, 0.2) is 47.6 Å². The predicted octanol–water partition coefficient (Wildman–Crippen LogP) is 1.47. The van der Waals surface area contributed by atoms with Crippen LogP contribution in [-0.4, -0.2) is 20.5 Å². The van der Waals surface area contributed by atoms with Crippen molar-refractivity contribution in [1.29, 1.82) is 0 Å². The van der Waals surface area contributed by atoms with Crippen molar-refractivity contribution in [2.45, 2.75) is 4.90 Å². The molecule has 0 amide bonds. The molecule has 0 fully saturated rings. The zero-order chi connectivity index (χ0) is 13.9. The van der Waals surface area contributed by atoms with E-state index in [9.17, 15) is 8.42 Å². The zero-order valence-electron chi connectivity index (χ0n) is 10.2. The summed E-state index contributed by atoms with van der Waals surface area (Å²) in [5, 5.41) is 0. The Balaban J connectivity index is 2.31. The number of ether oxygens (including phenoxy) is 1. The number of methoxy groups -OCH3 is 1. The van der Waals surface area contributed by atoms with Gasteiger partial charge in [-0.1, -0.05) is 0 Å². The summed E-state index contributed by atoms with van der Waals surface area (Å²) in [5.41, 5.74) is 6.47. The summed E-state index contributed by atoms with van der Waals surface area (Å²) in [7, 11) is -2.20. The number of hydrogen-bond acceptors (Lipinski definition) is 5. The third kappa shape index (κ3) is 2.94. The van der Waals surface area contributed by atoms with Crippen LogP contribution < -0.4 is 15.2 Å². The van der Waals surface area contributed by atoms with Crippen LogP contribution in [0.5, 0.6) is 5.75 Å². The zero-order valence-corrected chi connectivity index (χ0v) is 11.0. The molecule has 100 valence electrons. The number of rotatable bonds is 4. The van der Waals surface area contributed by atoms with Gasteiger partial charge in [0.2, 0.25) is 0 Å². The van der Waals surface area contributed by atoms with Crippen LogP contribution in [0.1, 0.15) is 0 Å². The van der Waals surface area contributed by atoms with Gasteiger partial charge >= 0.3 is 0 Å². The highest BCUT2D eigenvalue weighted by Crippen LogP contribution is 2.26. The Kier molecular flexibility index (Phi) is 3.57. The molecule has 19 heavy (non-hydrogen) atoms. The van der Waals surface area contributed by atoms with E-state index < -0.39 is 10.0 Å². The van der Waals surface area contributed by atoms with E-state index in [0.717, 1.165) is 0 Å². The second-order valence-corrected chi connectivity index (χ2v) is 5.43.